The van der Waals surface area contributed by atoms with E-state index in [9.17, 15) is 0 Å². The maximum Gasteiger partial charge on any atom is 0.140 e. The maximum atomic E-state index is 8.70. The number of rotatable bonds is 5. The minimum atomic E-state index is 0.445. The summed E-state index contributed by atoms with van der Waals surface area (Å²) >= 11 is 0. The van der Waals surface area contributed by atoms with Crippen molar-refractivity contribution in [3.05, 3.63) is 59.9 Å². The first-order valence-corrected chi connectivity index (χ1v) is 6.48. The van der Waals surface area contributed by atoms with E-state index >= 15 is 0 Å². The van der Waals surface area contributed by atoms with Crippen molar-refractivity contribution in [3.63, 3.8) is 0 Å². The molecular formula is C16H17N3. The van der Waals surface area contributed by atoms with Gasteiger partial charge in [0.15, 0.2) is 0 Å². The van der Waals surface area contributed by atoms with Crippen LogP contribution in [0.3, 0.4) is 0 Å². The molecule has 0 aliphatic carbocycles. The Balaban J connectivity index is 1.98. The number of nitrogens with one attached hydrogen (secondary N) is 1. The van der Waals surface area contributed by atoms with Gasteiger partial charge < -0.3 is 5.32 Å². The number of benzene rings is 1. The first-order chi connectivity index (χ1) is 9.33. The average molecular weight is 251 g/mol. The number of aromatic nitrogens is 1. The molecule has 19 heavy (non-hydrogen) atoms. The molecule has 1 N–H and O–H groups in total. The molecule has 0 aliphatic rings. The smallest absolute Gasteiger partial charge is 0.140 e. The van der Waals surface area contributed by atoms with E-state index in [2.05, 4.69) is 41.5 Å². The summed E-state index contributed by atoms with van der Waals surface area (Å²) in [5.74, 6) is 0.483. The minimum absolute atomic E-state index is 0.445. The third-order valence-corrected chi connectivity index (χ3v) is 3.19. The van der Waals surface area contributed by atoms with E-state index in [0.29, 0.717) is 11.6 Å². The Morgan fingerprint density at radius 1 is 1.21 bits per heavy atom. The molecule has 96 valence electrons. The SMILES string of the molecule is CCC(CNc1ccc(C#N)nc1)c1ccccc1. The summed E-state index contributed by atoms with van der Waals surface area (Å²) in [6.07, 6.45) is 2.79. The first kappa shape index (κ1) is 13.1. The Morgan fingerprint density at radius 3 is 2.58 bits per heavy atom. The lowest BCUT2D eigenvalue weighted by Gasteiger charge is -2.16. The van der Waals surface area contributed by atoms with Crippen LogP contribution in [-0.4, -0.2) is 11.5 Å². The van der Waals surface area contributed by atoms with Crippen LogP contribution in [0.25, 0.3) is 0 Å². The Bertz CT molecular complexity index is 540. The van der Waals surface area contributed by atoms with Crippen LogP contribution < -0.4 is 5.32 Å². The molecule has 0 aliphatic heterocycles. The summed E-state index contributed by atoms with van der Waals surface area (Å²) < 4.78 is 0. The molecule has 0 radical (unpaired) electrons. The normalized spacial score (nSPS) is 11.6. The van der Waals surface area contributed by atoms with Crippen LogP contribution in [-0.2, 0) is 0 Å². The van der Waals surface area contributed by atoms with E-state index in [1.165, 1.54) is 5.56 Å². The van der Waals surface area contributed by atoms with Gasteiger partial charge in [-0.15, -0.1) is 0 Å². The van der Waals surface area contributed by atoms with Gasteiger partial charge in [-0.3, -0.25) is 0 Å². The van der Waals surface area contributed by atoms with E-state index < -0.39 is 0 Å². The van der Waals surface area contributed by atoms with Crippen molar-refractivity contribution < 1.29 is 0 Å². The Labute approximate surface area is 113 Å². The first-order valence-electron chi connectivity index (χ1n) is 6.48. The van der Waals surface area contributed by atoms with Gasteiger partial charge in [-0.25, -0.2) is 4.98 Å². The van der Waals surface area contributed by atoms with Crippen molar-refractivity contribution in [2.24, 2.45) is 0 Å². The average Bonchev–Trinajstić information content (AvgIpc) is 2.49. The lowest BCUT2D eigenvalue weighted by atomic mass is 9.96. The quantitative estimate of drug-likeness (QED) is 0.884. The standard InChI is InChI=1S/C16H17N3/c1-2-13(14-6-4-3-5-7-14)11-18-16-9-8-15(10-17)19-12-16/h3-9,12-13,18H,2,11H2,1H3. The van der Waals surface area contributed by atoms with Gasteiger partial charge in [-0.05, 0) is 24.1 Å². The molecule has 0 saturated carbocycles. The Kier molecular flexibility index (Phi) is 4.52. The van der Waals surface area contributed by atoms with Crippen LogP contribution in [0.2, 0.25) is 0 Å². The lowest BCUT2D eigenvalue weighted by molar-refractivity contribution is 0.695. The number of nitrogens with zero attached hydrogens (tertiary/aromatic N) is 2. The highest BCUT2D eigenvalue weighted by molar-refractivity contribution is 5.43. The van der Waals surface area contributed by atoms with E-state index in [1.54, 1.807) is 12.3 Å². The largest absolute Gasteiger partial charge is 0.383 e. The van der Waals surface area contributed by atoms with Crippen LogP contribution in [0.1, 0.15) is 30.5 Å². The molecule has 1 heterocycles. The Hall–Kier alpha value is -2.34. The van der Waals surface area contributed by atoms with Crippen molar-refractivity contribution in [1.29, 1.82) is 5.26 Å². The van der Waals surface area contributed by atoms with Gasteiger partial charge in [0.05, 0.1) is 11.9 Å². The predicted octanol–water partition coefficient (Wildman–Crippen LogP) is 3.56. The highest BCUT2D eigenvalue weighted by Crippen LogP contribution is 2.19. The fourth-order valence-electron chi connectivity index (χ4n) is 2.03. The van der Waals surface area contributed by atoms with Gasteiger partial charge in [0, 0.05) is 12.5 Å². The van der Waals surface area contributed by atoms with Gasteiger partial charge in [-0.1, -0.05) is 37.3 Å². The molecule has 1 unspecified atom stereocenters. The molecule has 3 heteroatoms. The van der Waals surface area contributed by atoms with Gasteiger partial charge in [0.2, 0.25) is 0 Å². The highest BCUT2D eigenvalue weighted by Gasteiger charge is 2.08. The number of anilines is 1. The summed E-state index contributed by atoms with van der Waals surface area (Å²) in [6, 6.07) is 16.1. The fourth-order valence-corrected chi connectivity index (χ4v) is 2.03. The van der Waals surface area contributed by atoms with Crippen molar-refractivity contribution in [2.75, 3.05) is 11.9 Å². The molecule has 2 rings (SSSR count). The fraction of sp³-hybridized carbons (Fsp3) is 0.250. The molecule has 3 nitrogen and oxygen atoms in total. The topological polar surface area (TPSA) is 48.7 Å². The molecule has 1 aromatic carbocycles. The summed E-state index contributed by atoms with van der Waals surface area (Å²) in [4.78, 5) is 4.05. The number of hydrogen-bond donors (Lipinski definition) is 1. The molecule has 0 fully saturated rings. The summed E-state index contributed by atoms with van der Waals surface area (Å²) in [6.45, 7) is 3.06. The Morgan fingerprint density at radius 2 is 2.00 bits per heavy atom. The zero-order valence-corrected chi connectivity index (χ0v) is 11.0. The number of nitriles is 1. The molecular weight excluding hydrogens is 234 g/mol. The second-order valence-electron chi connectivity index (χ2n) is 4.44. The van der Waals surface area contributed by atoms with E-state index in [0.717, 1.165) is 18.7 Å². The van der Waals surface area contributed by atoms with Crippen molar-refractivity contribution >= 4 is 5.69 Å². The van der Waals surface area contributed by atoms with Crippen LogP contribution in [0.15, 0.2) is 48.7 Å². The van der Waals surface area contributed by atoms with E-state index in [-0.39, 0.29) is 0 Å². The van der Waals surface area contributed by atoms with E-state index in [1.807, 2.05) is 18.2 Å². The zero-order valence-electron chi connectivity index (χ0n) is 11.0. The van der Waals surface area contributed by atoms with Crippen LogP contribution in [0.4, 0.5) is 5.69 Å². The van der Waals surface area contributed by atoms with Crippen LogP contribution in [0.5, 0.6) is 0 Å². The number of hydrogen-bond acceptors (Lipinski definition) is 3. The van der Waals surface area contributed by atoms with Gasteiger partial charge in [0.1, 0.15) is 11.8 Å². The molecule has 0 amide bonds. The van der Waals surface area contributed by atoms with Gasteiger partial charge >= 0.3 is 0 Å². The van der Waals surface area contributed by atoms with Gasteiger partial charge in [0.25, 0.3) is 0 Å². The minimum Gasteiger partial charge on any atom is -0.383 e. The zero-order chi connectivity index (χ0) is 13.5. The van der Waals surface area contributed by atoms with Crippen molar-refractivity contribution in [1.82, 2.24) is 4.98 Å². The summed E-state index contributed by atoms with van der Waals surface area (Å²) in [5.41, 5.74) is 2.74. The second kappa shape index (κ2) is 6.55. The van der Waals surface area contributed by atoms with Crippen LogP contribution >= 0.6 is 0 Å². The van der Waals surface area contributed by atoms with Crippen molar-refractivity contribution in [3.8, 4) is 6.07 Å². The van der Waals surface area contributed by atoms with Crippen LogP contribution in [0, 0.1) is 11.3 Å². The van der Waals surface area contributed by atoms with Gasteiger partial charge in [-0.2, -0.15) is 5.26 Å². The summed E-state index contributed by atoms with van der Waals surface area (Å²) in [5, 5.41) is 12.1. The molecule has 1 aromatic heterocycles. The third kappa shape index (κ3) is 3.56. The molecule has 2 aromatic rings. The highest BCUT2D eigenvalue weighted by atomic mass is 14.9. The second-order valence-corrected chi connectivity index (χ2v) is 4.44. The van der Waals surface area contributed by atoms with Crippen molar-refractivity contribution in [2.45, 2.75) is 19.3 Å². The predicted molar refractivity (Wildman–Crippen MR) is 76.9 cm³/mol. The summed E-state index contributed by atoms with van der Waals surface area (Å²) in [7, 11) is 0. The lowest BCUT2D eigenvalue weighted by Crippen LogP contribution is -2.12. The molecule has 0 bridgehead atoms. The molecule has 1 atom stereocenters. The molecule has 0 spiro atoms. The molecule has 0 saturated heterocycles. The van der Waals surface area contributed by atoms with E-state index in [4.69, 9.17) is 5.26 Å². The monoisotopic (exact) mass is 251 g/mol. The third-order valence-electron chi connectivity index (χ3n) is 3.19. The number of pyridine rings is 1. The maximum absolute atomic E-state index is 8.70.